The average Bonchev–Trinajstić information content (AvgIpc) is 3.08. The van der Waals surface area contributed by atoms with Gasteiger partial charge in [0.05, 0.1) is 28.0 Å². The summed E-state index contributed by atoms with van der Waals surface area (Å²) in [7, 11) is 1.86. The van der Waals surface area contributed by atoms with Crippen LogP contribution in [-0.2, 0) is 4.74 Å². The minimum atomic E-state index is -0.107. The number of ether oxygens (including phenoxy) is 1. The fourth-order valence-electron chi connectivity index (χ4n) is 3.44. The molecular weight excluding hydrogens is 330 g/mol. The van der Waals surface area contributed by atoms with E-state index in [9.17, 15) is 0 Å². The van der Waals surface area contributed by atoms with Gasteiger partial charge in [-0.05, 0) is 55.6 Å². The molecule has 0 spiro atoms. The molecule has 0 bridgehead atoms. The normalized spacial score (nSPS) is 19.3. The van der Waals surface area contributed by atoms with Gasteiger partial charge in [-0.2, -0.15) is 5.10 Å². The van der Waals surface area contributed by atoms with Crippen LogP contribution in [-0.4, -0.2) is 29.0 Å². The Morgan fingerprint density at radius 3 is 2.62 bits per heavy atom. The molecule has 1 fully saturated rings. The topological polar surface area (TPSA) is 39.1 Å². The third kappa shape index (κ3) is 3.35. The van der Waals surface area contributed by atoms with Crippen LogP contribution in [0, 0.1) is 0 Å². The molecule has 1 N–H and O–H groups in total. The highest BCUT2D eigenvalue weighted by Crippen LogP contribution is 2.44. The van der Waals surface area contributed by atoms with Gasteiger partial charge in [-0.3, -0.25) is 4.68 Å². The number of hydrogen-bond donors (Lipinski definition) is 1. The van der Waals surface area contributed by atoms with Crippen molar-refractivity contribution in [3.05, 3.63) is 16.4 Å². The summed E-state index contributed by atoms with van der Waals surface area (Å²) in [5.41, 5.74) is 1.12. The predicted octanol–water partition coefficient (Wildman–Crippen LogP) is 4.23. The van der Waals surface area contributed by atoms with Crippen LogP contribution >= 0.6 is 15.9 Å². The Labute approximate surface area is 136 Å². The molecule has 0 saturated heterocycles. The first-order valence-electron chi connectivity index (χ1n) is 8.07. The van der Waals surface area contributed by atoms with E-state index in [1.165, 1.54) is 18.5 Å². The number of nitrogens with one attached hydrogen (secondary N) is 1. The van der Waals surface area contributed by atoms with Gasteiger partial charge in [-0.1, -0.05) is 19.8 Å². The van der Waals surface area contributed by atoms with Crippen LogP contribution < -0.4 is 5.32 Å². The molecule has 1 atom stereocenters. The van der Waals surface area contributed by atoms with E-state index in [4.69, 9.17) is 4.74 Å². The van der Waals surface area contributed by atoms with E-state index >= 15 is 0 Å². The smallest absolute Gasteiger partial charge is 0.0888 e. The molecule has 1 aliphatic carbocycles. The van der Waals surface area contributed by atoms with Crippen LogP contribution in [0.15, 0.2) is 10.7 Å². The van der Waals surface area contributed by atoms with Gasteiger partial charge in [0, 0.05) is 13.2 Å². The molecule has 1 aliphatic rings. The van der Waals surface area contributed by atoms with Crippen molar-refractivity contribution >= 4 is 15.9 Å². The zero-order valence-electron chi connectivity index (χ0n) is 13.7. The first-order valence-corrected chi connectivity index (χ1v) is 8.86. The van der Waals surface area contributed by atoms with Gasteiger partial charge in [-0.15, -0.1) is 0 Å². The highest BCUT2D eigenvalue weighted by Gasteiger charge is 2.44. The maximum absolute atomic E-state index is 6.05. The Morgan fingerprint density at radius 2 is 2.10 bits per heavy atom. The van der Waals surface area contributed by atoms with Gasteiger partial charge in [0.25, 0.3) is 0 Å². The summed E-state index contributed by atoms with van der Waals surface area (Å²) in [5.74, 6) is 0. The second kappa shape index (κ2) is 7.25. The number of rotatable bonds is 7. The molecule has 1 saturated carbocycles. The lowest BCUT2D eigenvalue weighted by Crippen LogP contribution is -2.45. The van der Waals surface area contributed by atoms with Crippen LogP contribution in [0.5, 0.6) is 0 Å². The van der Waals surface area contributed by atoms with Crippen molar-refractivity contribution < 1.29 is 4.74 Å². The molecule has 1 aromatic rings. The van der Waals surface area contributed by atoms with Crippen molar-refractivity contribution in [1.29, 1.82) is 0 Å². The summed E-state index contributed by atoms with van der Waals surface area (Å²) in [6.45, 7) is 7.54. The fourth-order valence-corrected chi connectivity index (χ4v) is 3.94. The number of halogens is 1. The second-order valence-electron chi connectivity index (χ2n) is 6.28. The van der Waals surface area contributed by atoms with E-state index in [2.05, 4.69) is 51.8 Å². The number of nitrogens with zero attached hydrogens (tertiary/aromatic N) is 2. The molecule has 4 nitrogen and oxygen atoms in total. The highest BCUT2D eigenvalue weighted by molar-refractivity contribution is 9.10. The lowest BCUT2D eigenvalue weighted by atomic mass is 9.89. The van der Waals surface area contributed by atoms with Crippen molar-refractivity contribution in [2.75, 3.05) is 13.7 Å². The molecule has 2 rings (SSSR count). The molecule has 120 valence electrons. The lowest BCUT2D eigenvalue weighted by Gasteiger charge is -2.38. The van der Waals surface area contributed by atoms with E-state index in [0.717, 1.165) is 30.3 Å². The SMILES string of the molecule is CCCNC(c1c(Br)cnn1C(C)C)C1(OC)CCCC1. The molecule has 0 aromatic carbocycles. The summed E-state index contributed by atoms with van der Waals surface area (Å²) in [6.07, 6.45) is 7.73. The quantitative estimate of drug-likeness (QED) is 0.793. The Bertz CT molecular complexity index is 452. The Balaban J connectivity index is 2.42. The van der Waals surface area contributed by atoms with E-state index < -0.39 is 0 Å². The first kappa shape index (κ1) is 17.0. The van der Waals surface area contributed by atoms with Crippen LogP contribution in [0.2, 0.25) is 0 Å². The zero-order valence-corrected chi connectivity index (χ0v) is 15.2. The number of methoxy groups -OCH3 is 1. The summed E-state index contributed by atoms with van der Waals surface area (Å²) in [4.78, 5) is 0. The maximum Gasteiger partial charge on any atom is 0.0888 e. The van der Waals surface area contributed by atoms with Gasteiger partial charge in [0.2, 0.25) is 0 Å². The van der Waals surface area contributed by atoms with Crippen LogP contribution in [0.4, 0.5) is 0 Å². The lowest BCUT2D eigenvalue weighted by molar-refractivity contribution is -0.0393. The summed E-state index contributed by atoms with van der Waals surface area (Å²) < 4.78 is 9.25. The minimum absolute atomic E-state index is 0.107. The Hall–Kier alpha value is -0.390. The van der Waals surface area contributed by atoms with Crippen molar-refractivity contribution in [3.8, 4) is 0 Å². The zero-order chi connectivity index (χ0) is 15.5. The standard InChI is InChI=1S/C16H28BrN3O/c1-5-10-18-15(16(21-4)8-6-7-9-16)14-13(17)11-19-20(14)12(2)3/h11-12,15,18H,5-10H2,1-4H3. The Kier molecular flexibility index (Phi) is 5.86. The maximum atomic E-state index is 6.05. The van der Waals surface area contributed by atoms with Gasteiger partial charge < -0.3 is 10.1 Å². The molecule has 1 heterocycles. The summed E-state index contributed by atoms with van der Waals surface area (Å²) in [5, 5.41) is 8.28. The average molecular weight is 358 g/mol. The van der Waals surface area contributed by atoms with Crippen LogP contribution in [0.3, 0.4) is 0 Å². The van der Waals surface area contributed by atoms with Crippen LogP contribution in [0.1, 0.15) is 70.7 Å². The van der Waals surface area contributed by atoms with Gasteiger partial charge in [0.15, 0.2) is 0 Å². The third-order valence-corrected chi connectivity index (χ3v) is 5.14. The predicted molar refractivity (Wildman–Crippen MR) is 89.6 cm³/mol. The van der Waals surface area contributed by atoms with Crippen molar-refractivity contribution in [2.45, 2.75) is 70.6 Å². The van der Waals surface area contributed by atoms with E-state index in [-0.39, 0.29) is 11.6 Å². The summed E-state index contributed by atoms with van der Waals surface area (Å²) in [6, 6.07) is 0.525. The molecule has 1 aromatic heterocycles. The van der Waals surface area contributed by atoms with E-state index in [0.29, 0.717) is 6.04 Å². The van der Waals surface area contributed by atoms with Gasteiger partial charge in [0.1, 0.15) is 0 Å². The molecule has 21 heavy (non-hydrogen) atoms. The molecular formula is C16H28BrN3O. The van der Waals surface area contributed by atoms with Crippen molar-refractivity contribution in [2.24, 2.45) is 0 Å². The van der Waals surface area contributed by atoms with Crippen molar-refractivity contribution in [1.82, 2.24) is 15.1 Å². The number of hydrogen-bond acceptors (Lipinski definition) is 3. The largest absolute Gasteiger partial charge is 0.376 e. The highest BCUT2D eigenvalue weighted by atomic mass is 79.9. The fraction of sp³-hybridized carbons (Fsp3) is 0.812. The van der Waals surface area contributed by atoms with Gasteiger partial charge in [-0.25, -0.2) is 0 Å². The van der Waals surface area contributed by atoms with Crippen LogP contribution in [0.25, 0.3) is 0 Å². The second-order valence-corrected chi connectivity index (χ2v) is 7.13. The first-order chi connectivity index (χ1) is 10.1. The molecule has 0 amide bonds. The van der Waals surface area contributed by atoms with E-state index in [1.807, 2.05) is 13.3 Å². The third-order valence-electron chi connectivity index (χ3n) is 4.53. The summed E-state index contributed by atoms with van der Waals surface area (Å²) >= 11 is 3.70. The molecule has 5 heteroatoms. The molecule has 1 unspecified atom stereocenters. The van der Waals surface area contributed by atoms with Gasteiger partial charge >= 0.3 is 0 Å². The number of aromatic nitrogens is 2. The Morgan fingerprint density at radius 1 is 1.43 bits per heavy atom. The molecule has 0 radical (unpaired) electrons. The minimum Gasteiger partial charge on any atom is -0.376 e. The molecule has 0 aliphatic heterocycles. The monoisotopic (exact) mass is 357 g/mol. The van der Waals surface area contributed by atoms with Crippen molar-refractivity contribution in [3.63, 3.8) is 0 Å². The van der Waals surface area contributed by atoms with E-state index in [1.54, 1.807) is 0 Å².